The van der Waals surface area contributed by atoms with Crippen LogP contribution in [0.3, 0.4) is 0 Å². The number of ether oxygens (including phenoxy) is 3. The monoisotopic (exact) mass is 515 g/mol. The molecule has 0 aliphatic carbocycles. The summed E-state index contributed by atoms with van der Waals surface area (Å²) in [5.41, 5.74) is 5.84. The predicted molar refractivity (Wildman–Crippen MR) is 145 cm³/mol. The van der Waals surface area contributed by atoms with Crippen LogP contribution in [0.25, 0.3) is 16.9 Å². The van der Waals surface area contributed by atoms with Crippen LogP contribution in [0.1, 0.15) is 44.2 Å². The zero-order valence-corrected chi connectivity index (χ0v) is 22.6. The number of rotatable bonds is 8. The summed E-state index contributed by atoms with van der Waals surface area (Å²) >= 11 is 0. The molecule has 38 heavy (non-hydrogen) atoms. The highest BCUT2D eigenvalue weighted by Crippen LogP contribution is 2.43. The average molecular weight is 516 g/mol. The zero-order valence-electron chi connectivity index (χ0n) is 22.6. The average Bonchev–Trinajstić information content (AvgIpc) is 3.36. The van der Waals surface area contributed by atoms with Crippen LogP contribution in [-0.4, -0.2) is 42.5 Å². The van der Waals surface area contributed by atoms with Gasteiger partial charge in [-0.15, -0.1) is 0 Å². The molecule has 8 nitrogen and oxygen atoms in total. The van der Waals surface area contributed by atoms with Gasteiger partial charge in [0, 0.05) is 28.7 Å². The number of nitrogens with zero attached hydrogens (tertiary/aromatic N) is 2. The highest BCUT2D eigenvalue weighted by Gasteiger charge is 2.40. The molecule has 1 N–H and O–H groups in total. The smallest absolute Gasteiger partial charge is 0.336 e. The van der Waals surface area contributed by atoms with E-state index in [0.717, 1.165) is 29.0 Å². The van der Waals surface area contributed by atoms with Crippen molar-refractivity contribution in [1.29, 1.82) is 0 Å². The second-order valence-electron chi connectivity index (χ2n) is 9.16. The van der Waals surface area contributed by atoms with Crippen molar-refractivity contribution >= 4 is 11.9 Å². The molecule has 8 heteroatoms. The predicted octanol–water partition coefficient (Wildman–Crippen LogP) is 5.22. The number of methoxy groups -OCH3 is 2. The number of hydrogen-bond acceptors (Lipinski definition) is 7. The molecule has 0 amide bonds. The number of aryl methyl sites for hydroxylation is 1. The molecule has 0 saturated heterocycles. The van der Waals surface area contributed by atoms with Gasteiger partial charge in [0.1, 0.15) is 5.75 Å². The first kappa shape index (κ1) is 26.7. The summed E-state index contributed by atoms with van der Waals surface area (Å²) in [6.45, 7) is 8.27. The second kappa shape index (κ2) is 11.4. The van der Waals surface area contributed by atoms with E-state index in [0.29, 0.717) is 40.4 Å². The molecule has 1 aliphatic heterocycles. The standard InChI is InChI=1S/C30H33N3O5/c1-7-15-38-22-13-14-23(18(2)16-22)28-24(17-33(32-28)21-11-9-8-10-12-21)27-25(29(34)36-5)19(3)31-20(4)26(27)30(35)37-6/h8-14,16-17,27,31H,7,15H2,1-6H3. The molecule has 0 radical (unpaired) electrons. The highest BCUT2D eigenvalue weighted by molar-refractivity contribution is 6.00. The van der Waals surface area contributed by atoms with E-state index >= 15 is 0 Å². The zero-order chi connectivity index (χ0) is 27.4. The van der Waals surface area contributed by atoms with E-state index in [-0.39, 0.29) is 0 Å². The van der Waals surface area contributed by atoms with Crippen molar-refractivity contribution in [3.63, 3.8) is 0 Å². The number of allylic oxidation sites excluding steroid dienone is 2. The molecule has 1 aromatic heterocycles. The van der Waals surface area contributed by atoms with Crippen LogP contribution < -0.4 is 10.1 Å². The lowest BCUT2D eigenvalue weighted by molar-refractivity contribution is -0.137. The van der Waals surface area contributed by atoms with E-state index in [1.807, 2.05) is 61.7 Å². The van der Waals surface area contributed by atoms with Gasteiger partial charge in [0.25, 0.3) is 0 Å². The molecule has 1 aliphatic rings. The van der Waals surface area contributed by atoms with E-state index in [1.165, 1.54) is 14.2 Å². The third-order valence-electron chi connectivity index (χ3n) is 6.57. The molecule has 198 valence electrons. The van der Waals surface area contributed by atoms with Crippen molar-refractivity contribution in [3.05, 3.63) is 88.4 Å². The van der Waals surface area contributed by atoms with Crippen LogP contribution in [0.2, 0.25) is 0 Å². The molecule has 3 aromatic rings. The van der Waals surface area contributed by atoms with Gasteiger partial charge in [-0.25, -0.2) is 14.3 Å². The Kier molecular flexibility index (Phi) is 8.00. The number of para-hydroxylation sites is 1. The van der Waals surface area contributed by atoms with E-state index in [2.05, 4.69) is 12.2 Å². The Hall–Kier alpha value is -4.33. The van der Waals surface area contributed by atoms with E-state index < -0.39 is 17.9 Å². The SMILES string of the molecule is CCCOc1ccc(-c2nn(-c3ccccc3)cc2C2C(C(=O)OC)=C(C)NC(C)=C2C(=O)OC)c(C)c1. The molecule has 0 spiro atoms. The third-order valence-corrected chi connectivity index (χ3v) is 6.57. The minimum Gasteiger partial charge on any atom is -0.494 e. The summed E-state index contributed by atoms with van der Waals surface area (Å²) in [7, 11) is 2.66. The Labute approximate surface area is 222 Å². The van der Waals surface area contributed by atoms with Crippen molar-refractivity contribution in [2.24, 2.45) is 0 Å². The number of hydrogen-bond donors (Lipinski definition) is 1. The lowest BCUT2D eigenvalue weighted by Crippen LogP contribution is -2.32. The molecule has 4 rings (SSSR count). The normalized spacial score (nSPS) is 13.8. The maximum atomic E-state index is 13.1. The lowest BCUT2D eigenvalue weighted by Gasteiger charge is -2.29. The molecule has 0 saturated carbocycles. The van der Waals surface area contributed by atoms with E-state index in [1.54, 1.807) is 18.5 Å². The van der Waals surface area contributed by atoms with Crippen molar-refractivity contribution in [3.8, 4) is 22.7 Å². The Morgan fingerprint density at radius 3 is 2.13 bits per heavy atom. The molecule has 0 unspecified atom stereocenters. The van der Waals surface area contributed by atoms with Gasteiger partial charge in [-0.1, -0.05) is 25.1 Å². The van der Waals surface area contributed by atoms with Crippen LogP contribution in [0.4, 0.5) is 0 Å². The number of esters is 2. The van der Waals surface area contributed by atoms with Crippen molar-refractivity contribution < 1.29 is 23.8 Å². The molecule has 0 fully saturated rings. The second-order valence-corrected chi connectivity index (χ2v) is 9.16. The first-order valence-corrected chi connectivity index (χ1v) is 12.5. The summed E-state index contributed by atoms with van der Waals surface area (Å²) in [4.78, 5) is 26.2. The van der Waals surface area contributed by atoms with Crippen LogP contribution in [0, 0.1) is 6.92 Å². The number of aromatic nitrogens is 2. The number of nitrogens with one attached hydrogen (secondary N) is 1. The van der Waals surface area contributed by atoms with Crippen molar-refractivity contribution in [2.75, 3.05) is 20.8 Å². The Morgan fingerprint density at radius 2 is 1.58 bits per heavy atom. The maximum Gasteiger partial charge on any atom is 0.336 e. The van der Waals surface area contributed by atoms with Crippen LogP contribution in [0.15, 0.2) is 77.3 Å². The summed E-state index contributed by atoms with van der Waals surface area (Å²) in [6, 6.07) is 15.5. The number of benzene rings is 2. The summed E-state index contributed by atoms with van der Waals surface area (Å²) in [5, 5.41) is 8.13. The Balaban J connectivity index is 2.00. The first-order chi connectivity index (χ1) is 18.3. The highest BCUT2D eigenvalue weighted by atomic mass is 16.5. The van der Waals surface area contributed by atoms with Gasteiger partial charge in [0.15, 0.2) is 0 Å². The fourth-order valence-corrected chi connectivity index (χ4v) is 4.80. The van der Waals surface area contributed by atoms with Gasteiger partial charge in [-0.3, -0.25) is 0 Å². The van der Waals surface area contributed by atoms with Crippen LogP contribution in [-0.2, 0) is 19.1 Å². The molecule has 2 aromatic carbocycles. The minimum atomic E-state index is -0.765. The van der Waals surface area contributed by atoms with Crippen LogP contribution >= 0.6 is 0 Å². The van der Waals surface area contributed by atoms with E-state index in [4.69, 9.17) is 19.3 Å². The van der Waals surface area contributed by atoms with Gasteiger partial charge >= 0.3 is 11.9 Å². The summed E-state index contributed by atoms with van der Waals surface area (Å²) in [6.07, 6.45) is 2.78. The Bertz CT molecular complexity index is 1380. The topological polar surface area (TPSA) is 91.7 Å². The van der Waals surface area contributed by atoms with Gasteiger partial charge in [-0.05, 0) is 63.1 Å². The molecule has 0 atom stereocenters. The van der Waals surface area contributed by atoms with Crippen molar-refractivity contribution in [1.82, 2.24) is 15.1 Å². The molecule has 0 bridgehead atoms. The first-order valence-electron chi connectivity index (χ1n) is 12.5. The fraction of sp³-hybridized carbons (Fsp3) is 0.300. The molecular weight excluding hydrogens is 482 g/mol. The van der Waals surface area contributed by atoms with E-state index in [9.17, 15) is 9.59 Å². The van der Waals surface area contributed by atoms with Gasteiger partial charge in [0.2, 0.25) is 0 Å². The van der Waals surface area contributed by atoms with Gasteiger partial charge in [-0.2, -0.15) is 5.10 Å². The third kappa shape index (κ3) is 5.07. The molecular formula is C30H33N3O5. The van der Waals surface area contributed by atoms with Gasteiger partial charge in [0.05, 0.1) is 49.3 Å². The minimum absolute atomic E-state index is 0.327. The summed E-state index contributed by atoms with van der Waals surface area (Å²) < 4.78 is 17.9. The number of carbonyl (C=O) groups excluding carboxylic acids is 2. The lowest BCUT2D eigenvalue weighted by atomic mass is 9.79. The largest absolute Gasteiger partial charge is 0.494 e. The quantitative estimate of drug-likeness (QED) is 0.412. The Morgan fingerprint density at radius 1 is 0.947 bits per heavy atom. The molecule has 2 heterocycles. The summed E-state index contributed by atoms with van der Waals surface area (Å²) in [5.74, 6) is -1.06. The van der Waals surface area contributed by atoms with Gasteiger partial charge < -0.3 is 19.5 Å². The fourth-order valence-electron chi connectivity index (χ4n) is 4.80. The number of carbonyl (C=O) groups is 2. The number of dihydropyridines is 1. The van der Waals surface area contributed by atoms with Crippen LogP contribution in [0.5, 0.6) is 5.75 Å². The van der Waals surface area contributed by atoms with Crippen molar-refractivity contribution in [2.45, 2.75) is 40.0 Å². The maximum absolute atomic E-state index is 13.1.